The van der Waals surface area contributed by atoms with Crippen molar-refractivity contribution in [2.24, 2.45) is 0 Å². The number of nitrogens with zero attached hydrogens (tertiary/aromatic N) is 1. The normalized spacial score (nSPS) is 14.1. The van der Waals surface area contributed by atoms with Gasteiger partial charge >= 0.3 is 0 Å². The number of hydrogen-bond donors (Lipinski definition) is 1. The lowest BCUT2D eigenvalue weighted by atomic mass is 10.1. The fourth-order valence-electron chi connectivity index (χ4n) is 1.50. The van der Waals surface area contributed by atoms with E-state index in [0.717, 1.165) is 23.7 Å². The zero-order chi connectivity index (χ0) is 12.2. The zero-order valence-electron chi connectivity index (χ0n) is 10.8. The lowest BCUT2D eigenvalue weighted by Crippen LogP contribution is -2.27. The number of aromatic nitrogens is 1. The molecule has 1 aromatic rings. The Labute approximate surface area is 102 Å². The van der Waals surface area contributed by atoms with Crippen molar-refractivity contribution in [1.29, 1.82) is 0 Å². The van der Waals surface area contributed by atoms with E-state index >= 15 is 0 Å². The van der Waals surface area contributed by atoms with Crippen LogP contribution in [-0.2, 0) is 16.8 Å². The molecule has 0 saturated heterocycles. The van der Waals surface area contributed by atoms with Gasteiger partial charge in [0.1, 0.15) is 10.6 Å². The summed E-state index contributed by atoms with van der Waals surface area (Å²) in [6.07, 6.45) is 0.976. The average molecular weight is 242 g/mol. The smallest absolute Gasteiger partial charge is 0.124 e. The van der Waals surface area contributed by atoms with E-state index in [4.69, 9.17) is 4.74 Å². The molecule has 1 atom stereocenters. The Kier molecular flexibility index (Phi) is 4.89. The van der Waals surface area contributed by atoms with E-state index < -0.39 is 0 Å². The molecule has 0 saturated carbocycles. The first-order valence-corrected chi connectivity index (χ1v) is 6.61. The molecule has 0 bridgehead atoms. The Bertz CT molecular complexity index is 323. The maximum absolute atomic E-state index is 5.42. The molecule has 1 rings (SSSR count). The summed E-state index contributed by atoms with van der Waals surface area (Å²) in [4.78, 5) is 4.63. The SMILES string of the molecule is CCNC(C)Cc1csc(C(C)(C)OC)n1. The first-order chi connectivity index (χ1) is 7.49. The summed E-state index contributed by atoms with van der Waals surface area (Å²) in [5.41, 5.74) is 0.878. The fourth-order valence-corrected chi connectivity index (χ4v) is 2.43. The number of ether oxygens (including phenoxy) is 1. The van der Waals surface area contributed by atoms with Crippen LogP contribution >= 0.6 is 11.3 Å². The van der Waals surface area contributed by atoms with Crippen molar-refractivity contribution in [3.8, 4) is 0 Å². The first-order valence-electron chi connectivity index (χ1n) is 5.73. The summed E-state index contributed by atoms with van der Waals surface area (Å²) in [6, 6.07) is 0.477. The molecule has 1 aromatic heterocycles. The molecule has 3 nitrogen and oxygen atoms in total. The minimum atomic E-state index is -0.273. The van der Waals surface area contributed by atoms with Crippen LogP contribution in [-0.4, -0.2) is 24.7 Å². The van der Waals surface area contributed by atoms with Crippen LogP contribution in [0, 0.1) is 0 Å². The minimum absolute atomic E-state index is 0.273. The molecule has 1 unspecified atom stereocenters. The molecule has 0 aliphatic rings. The molecule has 16 heavy (non-hydrogen) atoms. The predicted molar refractivity (Wildman–Crippen MR) is 69.0 cm³/mol. The average Bonchev–Trinajstić information content (AvgIpc) is 2.67. The van der Waals surface area contributed by atoms with Gasteiger partial charge in [0.25, 0.3) is 0 Å². The monoisotopic (exact) mass is 242 g/mol. The Morgan fingerprint density at radius 1 is 1.56 bits per heavy atom. The molecule has 0 fully saturated rings. The van der Waals surface area contributed by atoms with Crippen molar-refractivity contribution in [3.63, 3.8) is 0 Å². The van der Waals surface area contributed by atoms with Crippen LogP contribution in [0.25, 0.3) is 0 Å². The Balaban J connectivity index is 2.65. The van der Waals surface area contributed by atoms with Crippen LogP contribution in [0.5, 0.6) is 0 Å². The second kappa shape index (κ2) is 5.75. The van der Waals surface area contributed by atoms with Crippen LogP contribution < -0.4 is 5.32 Å². The molecular formula is C12H22N2OS. The summed E-state index contributed by atoms with van der Waals surface area (Å²) in [5, 5.41) is 6.57. The summed E-state index contributed by atoms with van der Waals surface area (Å²) >= 11 is 1.68. The standard InChI is InChI=1S/C12H22N2OS/c1-6-13-9(2)7-10-8-16-11(14-10)12(3,4)15-5/h8-9,13H,6-7H2,1-5H3. The van der Waals surface area contributed by atoms with E-state index in [1.165, 1.54) is 0 Å². The number of rotatable bonds is 6. The quantitative estimate of drug-likeness (QED) is 0.832. The van der Waals surface area contributed by atoms with Crippen LogP contribution in [0.3, 0.4) is 0 Å². The topological polar surface area (TPSA) is 34.1 Å². The van der Waals surface area contributed by atoms with E-state index in [0.29, 0.717) is 6.04 Å². The highest BCUT2D eigenvalue weighted by molar-refractivity contribution is 7.09. The molecule has 4 heteroatoms. The second-order valence-corrected chi connectivity index (χ2v) is 5.38. The number of nitrogens with one attached hydrogen (secondary N) is 1. The predicted octanol–water partition coefficient (Wildman–Crippen LogP) is 2.57. The molecule has 92 valence electrons. The summed E-state index contributed by atoms with van der Waals surface area (Å²) in [7, 11) is 1.72. The van der Waals surface area contributed by atoms with Gasteiger partial charge in [-0.3, -0.25) is 0 Å². The third-order valence-electron chi connectivity index (χ3n) is 2.65. The van der Waals surface area contributed by atoms with Crippen molar-refractivity contribution in [2.45, 2.75) is 45.8 Å². The molecule has 0 aliphatic heterocycles. The third kappa shape index (κ3) is 3.54. The van der Waals surface area contributed by atoms with E-state index in [2.05, 4.69) is 29.5 Å². The van der Waals surface area contributed by atoms with Crippen molar-refractivity contribution in [1.82, 2.24) is 10.3 Å². The highest BCUT2D eigenvalue weighted by Crippen LogP contribution is 2.27. The Hall–Kier alpha value is -0.450. The Morgan fingerprint density at radius 3 is 2.81 bits per heavy atom. The minimum Gasteiger partial charge on any atom is -0.372 e. The molecule has 0 spiro atoms. The van der Waals surface area contributed by atoms with Gasteiger partial charge in [-0.05, 0) is 27.3 Å². The molecular weight excluding hydrogens is 220 g/mol. The molecule has 0 radical (unpaired) electrons. The van der Waals surface area contributed by atoms with Gasteiger partial charge < -0.3 is 10.1 Å². The summed E-state index contributed by atoms with van der Waals surface area (Å²) in [6.45, 7) is 9.40. The van der Waals surface area contributed by atoms with Gasteiger partial charge in [-0.25, -0.2) is 4.98 Å². The number of likely N-dealkylation sites (N-methyl/N-ethyl adjacent to an activating group) is 1. The molecule has 1 heterocycles. The van der Waals surface area contributed by atoms with Crippen molar-refractivity contribution in [2.75, 3.05) is 13.7 Å². The highest BCUT2D eigenvalue weighted by Gasteiger charge is 2.23. The molecule has 0 aromatic carbocycles. The van der Waals surface area contributed by atoms with Crippen LogP contribution in [0.4, 0.5) is 0 Å². The van der Waals surface area contributed by atoms with Crippen LogP contribution in [0.2, 0.25) is 0 Å². The second-order valence-electron chi connectivity index (χ2n) is 4.52. The maximum atomic E-state index is 5.42. The van der Waals surface area contributed by atoms with Crippen molar-refractivity contribution >= 4 is 11.3 Å². The lowest BCUT2D eigenvalue weighted by Gasteiger charge is -2.19. The molecule has 0 amide bonds. The van der Waals surface area contributed by atoms with Crippen molar-refractivity contribution < 1.29 is 4.74 Å². The number of methoxy groups -OCH3 is 1. The van der Waals surface area contributed by atoms with Gasteiger partial charge in [-0.2, -0.15) is 0 Å². The molecule has 0 aliphatic carbocycles. The van der Waals surface area contributed by atoms with E-state index in [1.807, 2.05) is 13.8 Å². The fraction of sp³-hybridized carbons (Fsp3) is 0.750. The van der Waals surface area contributed by atoms with Crippen LogP contribution in [0.1, 0.15) is 38.4 Å². The number of hydrogen-bond acceptors (Lipinski definition) is 4. The third-order valence-corrected chi connectivity index (χ3v) is 3.84. The summed E-state index contributed by atoms with van der Waals surface area (Å²) < 4.78 is 5.42. The Morgan fingerprint density at radius 2 is 2.25 bits per heavy atom. The van der Waals surface area contributed by atoms with Gasteiger partial charge in [0, 0.05) is 25.0 Å². The van der Waals surface area contributed by atoms with Crippen LogP contribution in [0.15, 0.2) is 5.38 Å². The maximum Gasteiger partial charge on any atom is 0.124 e. The van der Waals surface area contributed by atoms with E-state index in [9.17, 15) is 0 Å². The first kappa shape index (κ1) is 13.6. The number of thiazole rings is 1. The van der Waals surface area contributed by atoms with Gasteiger partial charge in [-0.15, -0.1) is 11.3 Å². The van der Waals surface area contributed by atoms with E-state index in [1.54, 1.807) is 18.4 Å². The molecule has 1 N–H and O–H groups in total. The van der Waals surface area contributed by atoms with Gasteiger partial charge in [0.05, 0.1) is 5.69 Å². The largest absolute Gasteiger partial charge is 0.372 e. The summed E-state index contributed by atoms with van der Waals surface area (Å²) in [5.74, 6) is 0. The van der Waals surface area contributed by atoms with E-state index in [-0.39, 0.29) is 5.60 Å². The van der Waals surface area contributed by atoms with Gasteiger partial charge in [0.2, 0.25) is 0 Å². The van der Waals surface area contributed by atoms with Gasteiger partial charge in [0.15, 0.2) is 0 Å². The van der Waals surface area contributed by atoms with Gasteiger partial charge in [-0.1, -0.05) is 6.92 Å². The zero-order valence-corrected chi connectivity index (χ0v) is 11.6. The highest BCUT2D eigenvalue weighted by atomic mass is 32.1. The van der Waals surface area contributed by atoms with Crippen molar-refractivity contribution in [3.05, 3.63) is 16.1 Å². The lowest BCUT2D eigenvalue weighted by molar-refractivity contribution is 0.0189.